The lowest BCUT2D eigenvalue weighted by molar-refractivity contribution is -0.122. The average molecular weight is 575 g/mol. The molecule has 2 spiro atoms. The van der Waals surface area contributed by atoms with Crippen LogP contribution in [0.3, 0.4) is 0 Å². The highest BCUT2D eigenvalue weighted by Gasteiger charge is 2.81. The Bertz CT molecular complexity index is 1620. The van der Waals surface area contributed by atoms with Gasteiger partial charge >= 0.3 is 0 Å². The number of hydrogen-bond donors (Lipinski definition) is 4. The van der Waals surface area contributed by atoms with Crippen molar-refractivity contribution in [3.05, 3.63) is 93.8 Å². The topological polar surface area (TPSA) is 113 Å². The third kappa shape index (κ3) is 3.91. The number of primary amides is 1. The van der Waals surface area contributed by atoms with Gasteiger partial charge in [0.15, 0.2) is 0 Å². The molecule has 9 heteroatoms. The van der Waals surface area contributed by atoms with Gasteiger partial charge in [0, 0.05) is 28.4 Å². The van der Waals surface area contributed by atoms with Gasteiger partial charge in [-0.15, -0.1) is 0 Å². The Balaban J connectivity index is 1.55. The predicted molar refractivity (Wildman–Crippen MR) is 156 cm³/mol. The zero-order valence-corrected chi connectivity index (χ0v) is 24.0. The maximum atomic E-state index is 16.0. The molecule has 5 atom stereocenters. The first-order valence-corrected chi connectivity index (χ1v) is 14.0. The van der Waals surface area contributed by atoms with Gasteiger partial charge in [-0.2, -0.15) is 0 Å². The Morgan fingerprint density at radius 2 is 1.80 bits per heavy atom. The normalized spacial score (nSPS) is 28.0. The molecule has 0 bridgehead atoms. The summed E-state index contributed by atoms with van der Waals surface area (Å²) in [6.45, 7) is 8.30. The van der Waals surface area contributed by atoms with Crippen molar-refractivity contribution in [3.63, 3.8) is 0 Å². The van der Waals surface area contributed by atoms with E-state index in [1.165, 1.54) is 18.2 Å². The summed E-state index contributed by atoms with van der Waals surface area (Å²) in [7, 11) is 0. The molecular weight excluding hydrogens is 543 g/mol. The number of anilines is 2. The van der Waals surface area contributed by atoms with E-state index in [4.69, 9.17) is 17.3 Å². The minimum absolute atomic E-state index is 0.0189. The van der Waals surface area contributed by atoms with Crippen molar-refractivity contribution in [2.45, 2.75) is 57.0 Å². The zero-order valence-electron chi connectivity index (χ0n) is 23.3. The smallest absolute Gasteiger partial charge is 0.248 e. The lowest BCUT2D eigenvalue weighted by Gasteiger charge is -2.38. The number of benzene rings is 3. The summed E-state index contributed by atoms with van der Waals surface area (Å²) in [5, 5.41) is 9.53. The largest absolute Gasteiger partial charge is 0.366 e. The Labute approximate surface area is 243 Å². The number of hydrogen-bond acceptors (Lipinski definition) is 4. The van der Waals surface area contributed by atoms with E-state index in [2.05, 4.69) is 36.7 Å². The minimum Gasteiger partial charge on any atom is -0.366 e. The molecule has 0 radical (unpaired) electrons. The summed E-state index contributed by atoms with van der Waals surface area (Å²) in [4.78, 5) is 40.1. The molecule has 6 rings (SSSR count). The van der Waals surface area contributed by atoms with Crippen LogP contribution in [-0.4, -0.2) is 29.3 Å². The van der Waals surface area contributed by atoms with Crippen LogP contribution < -0.4 is 21.7 Å². The van der Waals surface area contributed by atoms with Crippen LogP contribution in [0.5, 0.6) is 0 Å². The van der Waals surface area contributed by atoms with Gasteiger partial charge in [0.05, 0.1) is 11.1 Å². The molecule has 3 amide bonds. The highest BCUT2D eigenvalue weighted by atomic mass is 35.5. The molecule has 1 aliphatic carbocycles. The van der Waals surface area contributed by atoms with Gasteiger partial charge in [-0.25, -0.2) is 4.39 Å². The Hall–Kier alpha value is -3.75. The third-order valence-corrected chi connectivity index (χ3v) is 9.46. The Kier molecular flexibility index (Phi) is 6.10. The molecule has 2 heterocycles. The van der Waals surface area contributed by atoms with E-state index in [9.17, 15) is 14.4 Å². The van der Waals surface area contributed by atoms with E-state index in [-0.39, 0.29) is 27.8 Å². The fourth-order valence-corrected chi connectivity index (χ4v) is 7.62. The van der Waals surface area contributed by atoms with Crippen molar-refractivity contribution in [2.24, 2.45) is 17.1 Å². The van der Waals surface area contributed by atoms with Gasteiger partial charge < -0.3 is 16.4 Å². The highest BCUT2D eigenvalue weighted by Crippen LogP contribution is 2.72. The Morgan fingerprint density at radius 3 is 2.44 bits per heavy atom. The molecule has 1 saturated carbocycles. The van der Waals surface area contributed by atoms with Gasteiger partial charge in [-0.3, -0.25) is 19.7 Å². The second kappa shape index (κ2) is 9.13. The number of aryl methyl sites for hydroxylation is 1. The van der Waals surface area contributed by atoms with Crippen molar-refractivity contribution >= 4 is 40.7 Å². The second-order valence-electron chi connectivity index (χ2n) is 12.6. The minimum atomic E-state index is -1.28. The van der Waals surface area contributed by atoms with Crippen LogP contribution in [0.1, 0.15) is 60.2 Å². The predicted octanol–water partition coefficient (Wildman–Crippen LogP) is 5.28. The molecular formula is C32H32ClFN4O3. The first-order valence-electron chi connectivity index (χ1n) is 13.7. The lowest BCUT2D eigenvalue weighted by Crippen LogP contribution is -2.52. The summed E-state index contributed by atoms with van der Waals surface area (Å²) in [5.74, 6) is -2.81. The summed E-state index contributed by atoms with van der Waals surface area (Å²) < 4.78 is 16.0. The van der Waals surface area contributed by atoms with Crippen LogP contribution in [0.15, 0.2) is 60.7 Å². The van der Waals surface area contributed by atoms with E-state index in [0.717, 1.165) is 11.1 Å². The molecule has 1 saturated heterocycles. The molecule has 3 aromatic rings. The molecule has 7 nitrogen and oxygen atoms in total. The number of halogens is 2. The van der Waals surface area contributed by atoms with Crippen LogP contribution in [0.4, 0.5) is 15.8 Å². The van der Waals surface area contributed by atoms with Gasteiger partial charge in [-0.1, -0.05) is 56.6 Å². The second-order valence-corrected chi connectivity index (χ2v) is 13.0. The number of amides is 3. The molecule has 3 aliphatic rings. The Morgan fingerprint density at radius 1 is 1.10 bits per heavy atom. The maximum absolute atomic E-state index is 16.0. The number of nitrogens with two attached hydrogens (primary N) is 1. The number of rotatable bonds is 4. The summed E-state index contributed by atoms with van der Waals surface area (Å²) in [5.41, 5.74) is 6.41. The summed E-state index contributed by atoms with van der Waals surface area (Å²) in [6, 6.07) is 15.8. The van der Waals surface area contributed by atoms with Crippen LogP contribution >= 0.6 is 11.6 Å². The fraction of sp³-hybridized carbons (Fsp3) is 0.344. The molecule has 2 fully saturated rings. The molecule has 1 unspecified atom stereocenters. The van der Waals surface area contributed by atoms with E-state index in [0.29, 0.717) is 23.4 Å². The van der Waals surface area contributed by atoms with Crippen LogP contribution in [0.25, 0.3) is 0 Å². The maximum Gasteiger partial charge on any atom is 0.248 e. The van der Waals surface area contributed by atoms with Crippen molar-refractivity contribution in [1.29, 1.82) is 0 Å². The number of fused-ring (bicyclic) bond motifs is 3. The molecule has 5 N–H and O–H groups in total. The summed E-state index contributed by atoms with van der Waals surface area (Å²) >= 11 is 6.30. The van der Waals surface area contributed by atoms with Crippen molar-refractivity contribution in [2.75, 3.05) is 10.6 Å². The summed E-state index contributed by atoms with van der Waals surface area (Å²) in [6.07, 6.45) is 0.632. The molecule has 41 heavy (non-hydrogen) atoms. The van der Waals surface area contributed by atoms with Gasteiger partial charge in [-0.05, 0) is 77.8 Å². The first-order chi connectivity index (χ1) is 19.3. The van der Waals surface area contributed by atoms with Crippen LogP contribution in [0, 0.1) is 24.1 Å². The van der Waals surface area contributed by atoms with E-state index < -0.39 is 40.5 Å². The SMILES string of the molecule is Cc1ccc2c(c1)NC(=O)[C@]21[C@@H](c2cccc(Cl)c2F)[C@H](C(=O)Nc2ccc(C(N)=O)cc2)N[C@]12CC2C(C)(C)C. The van der Waals surface area contributed by atoms with Crippen molar-refractivity contribution in [1.82, 2.24) is 5.32 Å². The molecule has 0 aromatic heterocycles. The standard InChI is InChI=1S/C32H32ClFN4O3/c1-16-8-13-20-22(14-16)37-29(41)32(20)24(19-6-5-7-21(33)25(19)34)26(38-31(32)15-23(31)30(2,3)4)28(40)36-18-11-9-17(10-12-18)27(35)39/h5-14,23-24,26,38H,15H2,1-4H3,(H2,35,39)(H,36,40)(H,37,41)/t23?,24-,26+,31-,32+/m0/s1. The first kappa shape index (κ1) is 27.4. The van der Waals surface area contributed by atoms with Crippen LogP contribution in [0.2, 0.25) is 5.02 Å². The average Bonchev–Trinajstić information content (AvgIpc) is 3.48. The number of carbonyl (C=O) groups is 3. The number of nitrogens with one attached hydrogen (secondary N) is 3. The number of carbonyl (C=O) groups excluding carboxylic acids is 3. The molecule has 212 valence electrons. The van der Waals surface area contributed by atoms with Crippen molar-refractivity contribution in [3.8, 4) is 0 Å². The van der Waals surface area contributed by atoms with Gasteiger partial charge in [0.25, 0.3) is 0 Å². The molecule has 2 aliphatic heterocycles. The van der Waals surface area contributed by atoms with Crippen LogP contribution in [-0.2, 0) is 15.0 Å². The van der Waals surface area contributed by atoms with E-state index >= 15 is 4.39 Å². The lowest BCUT2D eigenvalue weighted by atomic mass is 9.61. The quantitative estimate of drug-likeness (QED) is 0.340. The van der Waals surface area contributed by atoms with Gasteiger partial charge in [0.1, 0.15) is 11.2 Å². The monoisotopic (exact) mass is 574 g/mol. The third-order valence-electron chi connectivity index (χ3n) is 9.17. The van der Waals surface area contributed by atoms with E-state index in [1.807, 2.05) is 25.1 Å². The highest BCUT2D eigenvalue weighted by molar-refractivity contribution is 6.30. The zero-order chi connectivity index (χ0) is 29.5. The molecule has 3 aromatic carbocycles. The van der Waals surface area contributed by atoms with Crippen molar-refractivity contribution < 1.29 is 18.8 Å². The fourth-order valence-electron chi connectivity index (χ4n) is 7.43. The van der Waals surface area contributed by atoms with E-state index in [1.54, 1.807) is 24.3 Å². The van der Waals surface area contributed by atoms with Gasteiger partial charge in [0.2, 0.25) is 17.7 Å².